The van der Waals surface area contributed by atoms with Gasteiger partial charge in [-0.25, -0.2) is 0 Å². The molecule has 0 aliphatic carbocycles. The van der Waals surface area contributed by atoms with Gasteiger partial charge >= 0.3 is 0 Å². The van der Waals surface area contributed by atoms with Crippen LogP contribution in [-0.2, 0) is 4.74 Å². The van der Waals surface area contributed by atoms with Crippen LogP contribution in [-0.4, -0.2) is 19.8 Å². The molecule has 0 heterocycles. The van der Waals surface area contributed by atoms with Crippen LogP contribution in [0, 0.1) is 11.3 Å². The van der Waals surface area contributed by atoms with Crippen LogP contribution in [0.2, 0.25) is 0 Å². The summed E-state index contributed by atoms with van der Waals surface area (Å²) in [6, 6.07) is 10.1. The summed E-state index contributed by atoms with van der Waals surface area (Å²) < 4.78 is 5.49. The molecule has 0 saturated heterocycles. The smallest absolute Gasteiger partial charge is 0.0991 e. The molecule has 0 aliphatic rings. The summed E-state index contributed by atoms with van der Waals surface area (Å²) in [4.78, 5) is 0. The minimum atomic E-state index is 0.244. The SMILES string of the molecule is CCCCOCCNC(C)c1cccc(C#N)c1. The first-order chi connectivity index (χ1) is 8.77. The molecule has 1 aromatic rings. The van der Waals surface area contributed by atoms with Crippen LogP contribution in [0.1, 0.15) is 43.9 Å². The van der Waals surface area contributed by atoms with E-state index in [-0.39, 0.29) is 6.04 Å². The fourth-order valence-electron chi connectivity index (χ4n) is 1.69. The van der Waals surface area contributed by atoms with Crippen molar-refractivity contribution in [1.82, 2.24) is 5.32 Å². The normalized spacial score (nSPS) is 12.1. The van der Waals surface area contributed by atoms with Gasteiger partial charge in [-0.05, 0) is 31.0 Å². The minimum Gasteiger partial charge on any atom is -0.380 e. The highest BCUT2D eigenvalue weighted by molar-refractivity contribution is 5.33. The Hall–Kier alpha value is -1.37. The van der Waals surface area contributed by atoms with E-state index in [0.717, 1.165) is 31.7 Å². The zero-order chi connectivity index (χ0) is 13.2. The lowest BCUT2D eigenvalue weighted by Crippen LogP contribution is -2.23. The van der Waals surface area contributed by atoms with E-state index in [1.165, 1.54) is 6.42 Å². The van der Waals surface area contributed by atoms with Crippen molar-refractivity contribution in [3.05, 3.63) is 35.4 Å². The minimum absolute atomic E-state index is 0.244. The maximum absolute atomic E-state index is 8.85. The molecule has 98 valence electrons. The third-order valence-electron chi connectivity index (χ3n) is 2.85. The van der Waals surface area contributed by atoms with Crippen molar-refractivity contribution in [3.63, 3.8) is 0 Å². The number of benzene rings is 1. The summed E-state index contributed by atoms with van der Waals surface area (Å²) in [6.07, 6.45) is 2.30. The van der Waals surface area contributed by atoms with Crippen molar-refractivity contribution in [2.45, 2.75) is 32.7 Å². The fraction of sp³-hybridized carbons (Fsp3) is 0.533. The molecule has 1 atom stereocenters. The number of nitrogens with zero attached hydrogens (tertiary/aromatic N) is 1. The molecule has 1 rings (SSSR count). The maximum Gasteiger partial charge on any atom is 0.0991 e. The van der Waals surface area contributed by atoms with Crippen molar-refractivity contribution in [2.24, 2.45) is 0 Å². The highest BCUT2D eigenvalue weighted by atomic mass is 16.5. The number of hydrogen-bond acceptors (Lipinski definition) is 3. The molecule has 1 N–H and O–H groups in total. The monoisotopic (exact) mass is 246 g/mol. The Balaban J connectivity index is 2.27. The summed E-state index contributed by atoms with van der Waals surface area (Å²) in [7, 11) is 0. The van der Waals surface area contributed by atoms with E-state index in [4.69, 9.17) is 10.00 Å². The molecular weight excluding hydrogens is 224 g/mol. The van der Waals surface area contributed by atoms with Crippen LogP contribution in [0.4, 0.5) is 0 Å². The molecule has 18 heavy (non-hydrogen) atoms. The fourth-order valence-corrected chi connectivity index (χ4v) is 1.69. The summed E-state index contributed by atoms with van der Waals surface area (Å²) in [6.45, 7) is 6.68. The van der Waals surface area contributed by atoms with E-state index in [1.54, 1.807) is 0 Å². The number of unbranched alkanes of at least 4 members (excludes halogenated alkanes) is 1. The van der Waals surface area contributed by atoms with E-state index in [9.17, 15) is 0 Å². The Morgan fingerprint density at radius 1 is 1.39 bits per heavy atom. The number of nitriles is 1. The van der Waals surface area contributed by atoms with E-state index < -0.39 is 0 Å². The van der Waals surface area contributed by atoms with Gasteiger partial charge in [0.1, 0.15) is 0 Å². The Morgan fingerprint density at radius 3 is 2.94 bits per heavy atom. The zero-order valence-electron chi connectivity index (χ0n) is 11.3. The Bertz CT molecular complexity index is 384. The van der Waals surface area contributed by atoms with E-state index in [2.05, 4.69) is 25.2 Å². The molecule has 0 saturated carbocycles. The van der Waals surface area contributed by atoms with Crippen molar-refractivity contribution >= 4 is 0 Å². The van der Waals surface area contributed by atoms with Crippen molar-refractivity contribution in [3.8, 4) is 6.07 Å². The second-order valence-electron chi connectivity index (χ2n) is 4.38. The third kappa shape index (κ3) is 5.31. The summed E-state index contributed by atoms with van der Waals surface area (Å²) in [5.41, 5.74) is 1.85. The molecule has 0 aromatic heterocycles. The predicted octanol–water partition coefficient (Wildman–Crippen LogP) is 3.03. The van der Waals surface area contributed by atoms with Crippen LogP contribution in [0.25, 0.3) is 0 Å². The largest absolute Gasteiger partial charge is 0.380 e. The molecule has 0 radical (unpaired) electrons. The van der Waals surface area contributed by atoms with Crippen LogP contribution in [0.3, 0.4) is 0 Å². The zero-order valence-corrected chi connectivity index (χ0v) is 11.3. The van der Waals surface area contributed by atoms with Gasteiger partial charge in [-0.2, -0.15) is 5.26 Å². The second kappa shape index (κ2) is 8.68. The molecule has 0 aliphatic heterocycles. The highest BCUT2D eigenvalue weighted by Crippen LogP contribution is 2.13. The van der Waals surface area contributed by atoms with Gasteiger partial charge in [0.15, 0.2) is 0 Å². The molecule has 1 aromatic carbocycles. The van der Waals surface area contributed by atoms with Crippen LogP contribution < -0.4 is 5.32 Å². The number of rotatable bonds is 8. The first kappa shape index (κ1) is 14.7. The molecule has 3 heteroatoms. The Labute approximate surface area is 110 Å². The Kier molecular flexibility index (Phi) is 7.09. The summed E-state index contributed by atoms with van der Waals surface area (Å²) >= 11 is 0. The van der Waals surface area contributed by atoms with Gasteiger partial charge < -0.3 is 10.1 Å². The van der Waals surface area contributed by atoms with Crippen LogP contribution in [0.5, 0.6) is 0 Å². The molecular formula is C15H22N2O. The average Bonchev–Trinajstić information content (AvgIpc) is 2.42. The molecule has 1 unspecified atom stereocenters. The predicted molar refractivity (Wildman–Crippen MR) is 73.3 cm³/mol. The molecule has 0 spiro atoms. The molecule has 0 fully saturated rings. The molecule has 0 amide bonds. The van der Waals surface area contributed by atoms with Crippen molar-refractivity contribution in [1.29, 1.82) is 5.26 Å². The van der Waals surface area contributed by atoms with E-state index in [1.807, 2.05) is 24.3 Å². The average molecular weight is 246 g/mol. The third-order valence-corrected chi connectivity index (χ3v) is 2.85. The quantitative estimate of drug-likeness (QED) is 0.717. The first-order valence-corrected chi connectivity index (χ1v) is 6.59. The Morgan fingerprint density at radius 2 is 2.22 bits per heavy atom. The summed E-state index contributed by atoms with van der Waals surface area (Å²) in [5.74, 6) is 0. The number of nitrogens with one attached hydrogen (secondary N) is 1. The van der Waals surface area contributed by atoms with Crippen LogP contribution in [0.15, 0.2) is 24.3 Å². The maximum atomic E-state index is 8.85. The molecule has 0 bridgehead atoms. The van der Waals surface area contributed by atoms with Crippen molar-refractivity contribution < 1.29 is 4.74 Å². The highest BCUT2D eigenvalue weighted by Gasteiger charge is 2.04. The van der Waals surface area contributed by atoms with Gasteiger partial charge in [0.25, 0.3) is 0 Å². The van der Waals surface area contributed by atoms with E-state index >= 15 is 0 Å². The van der Waals surface area contributed by atoms with Gasteiger partial charge in [0.2, 0.25) is 0 Å². The lowest BCUT2D eigenvalue weighted by Gasteiger charge is -2.14. The van der Waals surface area contributed by atoms with E-state index in [0.29, 0.717) is 5.56 Å². The van der Waals surface area contributed by atoms with Gasteiger partial charge in [-0.3, -0.25) is 0 Å². The first-order valence-electron chi connectivity index (χ1n) is 6.59. The second-order valence-corrected chi connectivity index (χ2v) is 4.38. The number of ether oxygens (including phenoxy) is 1. The van der Waals surface area contributed by atoms with Crippen molar-refractivity contribution in [2.75, 3.05) is 19.8 Å². The van der Waals surface area contributed by atoms with Gasteiger partial charge in [0.05, 0.1) is 18.2 Å². The molecule has 3 nitrogen and oxygen atoms in total. The topological polar surface area (TPSA) is 45.0 Å². The van der Waals surface area contributed by atoms with Gasteiger partial charge in [-0.15, -0.1) is 0 Å². The van der Waals surface area contributed by atoms with Crippen LogP contribution >= 0.6 is 0 Å². The lowest BCUT2D eigenvalue weighted by molar-refractivity contribution is 0.131. The van der Waals surface area contributed by atoms with Gasteiger partial charge in [-0.1, -0.05) is 25.5 Å². The summed E-state index contributed by atoms with van der Waals surface area (Å²) in [5, 5.41) is 12.2. The standard InChI is InChI=1S/C15H22N2O/c1-3-4-9-18-10-8-17-13(2)15-7-5-6-14(11-15)12-16/h5-7,11,13,17H,3-4,8-10H2,1-2H3. The lowest BCUT2D eigenvalue weighted by atomic mass is 10.1. The number of hydrogen-bond donors (Lipinski definition) is 1. The van der Waals surface area contributed by atoms with Gasteiger partial charge in [0, 0.05) is 19.2 Å².